The van der Waals surface area contributed by atoms with Gasteiger partial charge in [-0.15, -0.1) is 0 Å². The fourth-order valence-corrected chi connectivity index (χ4v) is 4.99. The third-order valence-electron chi connectivity index (χ3n) is 6.53. The van der Waals surface area contributed by atoms with Crippen LogP contribution in [0.3, 0.4) is 0 Å². The van der Waals surface area contributed by atoms with E-state index in [1.165, 1.54) is 23.2 Å². The molecule has 2 fully saturated rings. The van der Waals surface area contributed by atoms with Gasteiger partial charge in [-0.25, -0.2) is 9.18 Å². The lowest BCUT2D eigenvalue weighted by Gasteiger charge is -2.35. The van der Waals surface area contributed by atoms with Gasteiger partial charge in [0.05, 0.1) is 6.07 Å². The number of H-pyrrole nitrogens is 1. The molecule has 2 bridgehead atoms. The highest BCUT2D eigenvalue weighted by molar-refractivity contribution is 5.87. The van der Waals surface area contributed by atoms with Crippen LogP contribution in [0, 0.1) is 23.1 Å². The number of likely N-dealkylation sites (tertiary alicyclic amines) is 1. The Morgan fingerprint density at radius 1 is 1.26 bits per heavy atom. The molecule has 2 aliphatic rings. The maximum absolute atomic E-state index is 14.8. The van der Waals surface area contributed by atoms with Gasteiger partial charge in [0.25, 0.3) is 0 Å². The summed E-state index contributed by atoms with van der Waals surface area (Å²) in [5.41, 5.74) is 0.573. The molecule has 0 unspecified atom stereocenters. The number of fused-ring (bicyclic) bond motifs is 2. The second kappa shape index (κ2) is 9.53. The molecule has 1 aliphatic carbocycles. The molecule has 1 aromatic heterocycles. The molecular formula is C26H29FN4O4. The van der Waals surface area contributed by atoms with Crippen molar-refractivity contribution in [2.24, 2.45) is 5.92 Å². The average molecular weight is 481 g/mol. The van der Waals surface area contributed by atoms with Crippen LogP contribution < -0.4 is 10.9 Å². The van der Waals surface area contributed by atoms with Crippen molar-refractivity contribution >= 4 is 12.0 Å². The maximum atomic E-state index is 14.8. The number of aromatic amines is 1. The number of halogens is 1. The minimum absolute atomic E-state index is 0.0141. The van der Waals surface area contributed by atoms with Crippen molar-refractivity contribution in [1.29, 1.82) is 5.26 Å². The number of rotatable bonds is 5. The summed E-state index contributed by atoms with van der Waals surface area (Å²) in [7, 11) is 0. The minimum Gasteiger partial charge on any atom is -0.444 e. The van der Waals surface area contributed by atoms with Gasteiger partial charge in [-0.3, -0.25) is 14.5 Å². The van der Waals surface area contributed by atoms with Crippen LogP contribution in [0.4, 0.5) is 9.18 Å². The van der Waals surface area contributed by atoms with Crippen molar-refractivity contribution in [3.05, 3.63) is 58.3 Å². The van der Waals surface area contributed by atoms with Gasteiger partial charge in [-0.2, -0.15) is 5.26 Å². The first-order valence-electron chi connectivity index (χ1n) is 11.7. The Kier molecular flexibility index (Phi) is 6.66. The van der Waals surface area contributed by atoms with Gasteiger partial charge >= 0.3 is 6.09 Å². The molecule has 2 aromatic rings. The normalized spacial score (nSPS) is 21.9. The number of carbonyl (C=O) groups excluding carboxylic acids is 2. The van der Waals surface area contributed by atoms with E-state index in [0.717, 1.165) is 19.3 Å². The highest BCUT2D eigenvalue weighted by Crippen LogP contribution is 2.43. The molecule has 0 radical (unpaired) electrons. The first-order chi connectivity index (χ1) is 16.6. The fraction of sp³-hybridized carbons (Fsp3) is 0.462. The van der Waals surface area contributed by atoms with E-state index in [9.17, 15) is 24.0 Å². The smallest absolute Gasteiger partial charge is 0.411 e. The highest BCUT2D eigenvalue weighted by Gasteiger charge is 2.52. The van der Waals surface area contributed by atoms with Crippen molar-refractivity contribution in [2.45, 2.75) is 70.2 Å². The number of nitrogens with zero attached hydrogens (tertiary/aromatic N) is 2. The number of amides is 2. The lowest BCUT2D eigenvalue weighted by Crippen LogP contribution is -2.55. The Hall–Kier alpha value is -3.67. The molecule has 1 aliphatic heterocycles. The maximum Gasteiger partial charge on any atom is 0.411 e. The number of piperidine rings is 1. The van der Waals surface area contributed by atoms with Crippen LogP contribution in [0.5, 0.6) is 0 Å². The van der Waals surface area contributed by atoms with Crippen LogP contribution in [0.25, 0.3) is 11.1 Å². The number of ether oxygens (including phenoxy) is 1. The van der Waals surface area contributed by atoms with Crippen LogP contribution in [-0.2, 0) is 16.0 Å². The Bertz CT molecular complexity index is 1210. The van der Waals surface area contributed by atoms with Crippen molar-refractivity contribution in [1.82, 2.24) is 15.2 Å². The average Bonchev–Trinajstić information content (AvgIpc) is 3.41. The summed E-state index contributed by atoms with van der Waals surface area (Å²) in [6.07, 6.45) is 3.34. The number of carbonyl (C=O) groups is 2. The van der Waals surface area contributed by atoms with Gasteiger partial charge < -0.3 is 15.0 Å². The molecule has 4 rings (SSSR count). The molecule has 0 spiro atoms. The van der Waals surface area contributed by atoms with Crippen LogP contribution in [0.2, 0.25) is 0 Å². The van der Waals surface area contributed by atoms with Gasteiger partial charge in [0, 0.05) is 24.7 Å². The number of hydrogen-bond acceptors (Lipinski definition) is 5. The SMILES string of the molecule is CC(C)(C)OC(=O)N1[C@@H]2CC[C@@H](C2)[C@H]1C(=O)N[C@H](C#N)Cc1ccc(-c2ccc(=O)[nH]c2)cc1F. The summed E-state index contributed by atoms with van der Waals surface area (Å²) in [5.74, 6) is -0.918. The number of hydrogen-bond donors (Lipinski definition) is 2. The molecule has 184 valence electrons. The van der Waals surface area contributed by atoms with E-state index in [1.54, 1.807) is 39.0 Å². The van der Waals surface area contributed by atoms with E-state index in [-0.39, 0.29) is 29.5 Å². The van der Waals surface area contributed by atoms with Crippen molar-refractivity contribution in [3.8, 4) is 17.2 Å². The first-order valence-corrected chi connectivity index (χ1v) is 11.7. The molecule has 9 heteroatoms. The monoisotopic (exact) mass is 480 g/mol. The third-order valence-corrected chi connectivity index (χ3v) is 6.53. The number of pyridine rings is 1. The van der Waals surface area contributed by atoms with Crippen molar-refractivity contribution < 1.29 is 18.7 Å². The fourth-order valence-electron chi connectivity index (χ4n) is 4.99. The molecule has 8 nitrogen and oxygen atoms in total. The van der Waals surface area contributed by atoms with Crippen LogP contribution in [0.1, 0.15) is 45.6 Å². The van der Waals surface area contributed by atoms with E-state index < -0.39 is 35.5 Å². The van der Waals surface area contributed by atoms with Gasteiger partial charge in [-0.1, -0.05) is 12.1 Å². The standard InChI is InChI=1S/C26H29FN4O4/c1-26(2,3)35-25(34)31-20-8-6-17(11-20)23(31)24(33)30-19(13-28)10-16-5-4-15(12-21(16)27)18-7-9-22(32)29-14-18/h4-5,7,9,12,14,17,19-20,23H,6,8,10-11H2,1-3H3,(H,29,32)(H,30,33)/t17-,19-,20+,23-/m0/s1. The van der Waals surface area contributed by atoms with E-state index in [4.69, 9.17) is 4.74 Å². The summed E-state index contributed by atoms with van der Waals surface area (Å²) in [5, 5.41) is 12.4. The van der Waals surface area contributed by atoms with Gasteiger partial charge in [0.2, 0.25) is 11.5 Å². The van der Waals surface area contributed by atoms with Crippen LogP contribution in [0.15, 0.2) is 41.3 Å². The zero-order valence-corrected chi connectivity index (χ0v) is 20.0. The van der Waals surface area contributed by atoms with Gasteiger partial charge in [0.1, 0.15) is 23.5 Å². The summed E-state index contributed by atoms with van der Waals surface area (Å²) in [6.45, 7) is 5.32. The minimum atomic E-state index is -0.962. The highest BCUT2D eigenvalue weighted by atomic mass is 19.1. The van der Waals surface area contributed by atoms with E-state index in [1.807, 2.05) is 6.07 Å². The van der Waals surface area contributed by atoms with E-state index >= 15 is 0 Å². The number of nitriles is 1. The first kappa shape index (κ1) is 24.5. The van der Waals surface area contributed by atoms with E-state index in [2.05, 4.69) is 10.3 Å². The predicted molar refractivity (Wildman–Crippen MR) is 127 cm³/mol. The largest absolute Gasteiger partial charge is 0.444 e. The summed E-state index contributed by atoms with van der Waals surface area (Å²) >= 11 is 0. The number of aromatic nitrogens is 1. The summed E-state index contributed by atoms with van der Waals surface area (Å²) in [6, 6.07) is 7.87. The quantitative estimate of drug-likeness (QED) is 0.680. The summed E-state index contributed by atoms with van der Waals surface area (Å²) < 4.78 is 20.4. The lowest BCUT2D eigenvalue weighted by molar-refractivity contribution is -0.128. The second-order valence-electron chi connectivity index (χ2n) is 10.2. The Labute approximate surface area is 203 Å². The molecule has 2 heterocycles. The molecule has 35 heavy (non-hydrogen) atoms. The van der Waals surface area contributed by atoms with Crippen molar-refractivity contribution in [3.63, 3.8) is 0 Å². The Morgan fingerprint density at radius 2 is 2.00 bits per heavy atom. The van der Waals surface area contributed by atoms with Gasteiger partial charge in [-0.05, 0) is 74.8 Å². The zero-order valence-electron chi connectivity index (χ0n) is 20.0. The summed E-state index contributed by atoms with van der Waals surface area (Å²) in [4.78, 5) is 41.3. The molecule has 2 N–H and O–H groups in total. The zero-order chi connectivity index (χ0) is 25.3. The topological polar surface area (TPSA) is 115 Å². The second-order valence-corrected chi connectivity index (χ2v) is 10.2. The molecule has 1 saturated carbocycles. The Balaban J connectivity index is 1.46. The molecule has 1 saturated heterocycles. The van der Waals surface area contributed by atoms with Crippen molar-refractivity contribution in [2.75, 3.05) is 0 Å². The molecular weight excluding hydrogens is 451 g/mol. The predicted octanol–water partition coefficient (Wildman–Crippen LogP) is 3.52. The Morgan fingerprint density at radius 3 is 2.63 bits per heavy atom. The van der Waals surface area contributed by atoms with E-state index in [0.29, 0.717) is 11.1 Å². The number of benzene rings is 1. The van der Waals surface area contributed by atoms with Crippen LogP contribution in [-0.4, -0.2) is 45.6 Å². The van der Waals surface area contributed by atoms with Gasteiger partial charge in [0.15, 0.2) is 0 Å². The molecule has 4 atom stereocenters. The van der Waals surface area contributed by atoms with Crippen LogP contribution >= 0.6 is 0 Å². The number of nitrogens with one attached hydrogen (secondary N) is 2. The lowest BCUT2D eigenvalue weighted by atomic mass is 9.97. The molecule has 1 aromatic carbocycles. The third kappa shape index (κ3) is 5.37. The molecule has 2 amide bonds.